The number of aromatic nitrogens is 1. The van der Waals surface area contributed by atoms with E-state index in [4.69, 9.17) is 4.74 Å². The van der Waals surface area contributed by atoms with Gasteiger partial charge in [-0.05, 0) is 40.7 Å². The Morgan fingerprint density at radius 2 is 2.06 bits per heavy atom. The number of ether oxygens (including phenoxy) is 1. The molecule has 0 spiro atoms. The second kappa shape index (κ2) is 5.25. The molecule has 1 aromatic rings. The molecule has 1 rings (SSSR count). The third kappa shape index (κ3) is 3.91. The van der Waals surface area contributed by atoms with Gasteiger partial charge in [0.25, 0.3) is 0 Å². The molecule has 1 unspecified atom stereocenters. The van der Waals surface area contributed by atoms with E-state index in [9.17, 15) is 9.59 Å². The number of hydrogen-bond acceptors (Lipinski definition) is 3. The molecule has 0 bridgehead atoms. The van der Waals surface area contributed by atoms with E-state index in [0.29, 0.717) is 6.29 Å². The Labute approximate surface area is 107 Å². The van der Waals surface area contributed by atoms with Crippen molar-refractivity contribution in [1.29, 1.82) is 0 Å². The lowest BCUT2D eigenvalue weighted by atomic mass is 10.1. The lowest BCUT2D eigenvalue weighted by molar-refractivity contribution is -0.109. The minimum absolute atomic E-state index is 0.583. The van der Waals surface area contributed by atoms with Gasteiger partial charge in [-0.25, -0.2) is 4.79 Å². The fraction of sp³-hybridized carbons (Fsp3) is 0.538. The number of H-pyrrole nitrogens is 1. The number of aryl methyl sites for hydroxylation is 2. The van der Waals surface area contributed by atoms with Gasteiger partial charge in [0.1, 0.15) is 17.9 Å². The molecule has 0 aliphatic heterocycles. The van der Waals surface area contributed by atoms with Gasteiger partial charge in [-0.15, -0.1) is 0 Å². The van der Waals surface area contributed by atoms with Crippen LogP contribution >= 0.6 is 0 Å². The highest BCUT2D eigenvalue weighted by Crippen LogP contribution is 2.18. The van der Waals surface area contributed by atoms with E-state index in [2.05, 4.69) is 10.3 Å². The average Bonchev–Trinajstić information content (AvgIpc) is 2.51. The Kier molecular flexibility index (Phi) is 4.16. The summed E-state index contributed by atoms with van der Waals surface area (Å²) in [6, 6.07) is 1.15. The minimum Gasteiger partial charge on any atom is -0.444 e. The normalized spacial score (nSPS) is 12.9. The summed E-state index contributed by atoms with van der Waals surface area (Å²) in [6.07, 6.45) is 0.0948. The van der Waals surface area contributed by atoms with Gasteiger partial charge in [-0.2, -0.15) is 0 Å². The molecule has 2 N–H and O–H groups in total. The van der Waals surface area contributed by atoms with Crippen molar-refractivity contribution in [1.82, 2.24) is 10.3 Å². The van der Waals surface area contributed by atoms with Crippen LogP contribution in [0.4, 0.5) is 4.79 Å². The Hall–Kier alpha value is -1.78. The van der Waals surface area contributed by atoms with Crippen LogP contribution < -0.4 is 5.32 Å². The molecule has 1 heterocycles. The van der Waals surface area contributed by atoms with Crippen molar-refractivity contribution in [3.05, 3.63) is 23.0 Å². The molecular weight excluding hydrogens is 232 g/mol. The van der Waals surface area contributed by atoms with Crippen LogP contribution in [0.2, 0.25) is 0 Å². The maximum absolute atomic E-state index is 11.6. The molecule has 0 aliphatic rings. The van der Waals surface area contributed by atoms with Crippen molar-refractivity contribution in [3.63, 3.8) is 0 Å². The van der Waals surface area contributed by atoms with E-state index in [-0.39, 0.29) is 0 Å². The largest absolute Gasteiger partial charge is 0.444 e. The molecule has 5 nitrogen and oxygen atoms in total. The van der Waals surface area contributed by atoms with E-state index in [1.54, 1.807) is 20.8 Å². The van der Waals surface area contributed by atoms with Gasteiger partial charge in [0.2, 0.25) is 0 Å². The highest BCUT2D eigenvalue weighted by molar-refractivity contribution is 5.75. The van der Waals surface area contributed by atoms with Crippen molar-refractivity contribution >= 4 is 12.4 Å². The highest BCUT2D eigenvalue weighted by atomic mass is 16.6. The van der Waals surface area contributed by atoms with Crippen LogP contribution in [0.3, 0.4) is 0 Å². The molecule has 5 heteroatoms. The van der Waals surface area contributed by atoms with Gasteiger partial charge in [0, 0.05) is 17.0 Å². The molecule has 100 valence electrons. The summed E-state index contributed by atoms with van der Waals surface area (Å²) in [4.78, 5) is 25.8. The fourth-order valence-corrected chi connectivity index (χ4v) is 1.69. The molecule has 0 aliphatic carbocycles. The zero-order valence-corrected chi connectivity index (χ0v) is 11.5. The first-order valence-corrected chi connectivity index (χ1v) is 5.84. The standard InChI is InChI=1S/C13H20N2O3/c1-8-6-10(9(2)14-8)11(7-16)15-12(17)18-13(3,4)5/h6-7,11,14H,1-5H3,(H,15,17). The van der Waals surface area contributed by atoms with E-state index in [1.807, 2.05) is 19.9 Å². The number of hydrogen-bond donors (Lipinski definition) is 2. The van der Waals surface area contributed by atoms with Crippen molar-refractivity contribution in [3.8, 4) is 0 Å². The lowest BCUT2D eigenvalue weighted by Crippen LogP contribution is -2.35. The topological polar surface area (TPSA) is 71.2 Å². The van der Waals surface area contributed by atoms with Gasteiger partial charge in [-0.1, -0.05) is 0 Å². The minimum atomic E-state index is -0.690. The molecule has 0 aromatic carbocycles. The van der Waals surface area contributed by atoms with Crippen LogP contribution in [-0.4, -0.2) is 23.0 Å². The SMILES string of the molecule is Cc1cc(C(C=O)NC(=O)OC(C)(C)C)c(C)[nH]1. The Bertz CT molecular complexity index is 444. The van der Waals surface area contributed by atoms with Gasteiger partial charge in [0.15, 0.2) is 0 Å². The van der Waals surface area contributed by atoms with Crippen LogP contribution in [0.1, 0.15) is 43.8 Å². The Morgan fingerprint density at radius 3 is 2.44 bits per heavy atom. The van der Waals surface area contributed by atoms with Gasteiger partial charge in [0.05, 0.1) is 0 Å². The quantitative estimate of drug-likeness (QED) is 0.811. The molecule has 0 fully saturated rings. The number of amides is 1. The van der Waals surface area contributed by atoms with Crippen LogP contribution in [-0.2, 0) is 9.53 Å². The fourth-order valence-electron chi connectivity index (χ4n) is 1.69. The van der Waals surface area contributed by atoms with Crippen LogP contribution in [0, 0.1) is 13.8 Å². The Balaban J connectivity index is 2.77. The smallest absolute Gasteiger partial charge is 0.408 e. The van der Waals surface area contributed by atoms with Crippen molar-refractivity contribution in [2.24, 2.45) is 0 Å². The predicted molar refractivity (Wildman–Crippen MR) is 68.4 cm³/mol. The molecule has 0 saturated carbocycles. The van der Waals surface area contributed by atoms with Crippen LogP contribution in [0.15, 0.2) is 6.07 Å². The average molecular weight is 252 g/mol. The highest BCUT2D eigenvalue weighted by Gasteiger charge is 2.21. The summed E-state index contributed by atoms with van der Waals surface area (Å²) in [5.74, 6) is 0. The van der Waals surface area contributed by atoms with E-state index < -0.39 is 17.7 Å². The third-order valence-corrected chi connectivity index (χ3v) is 2.33. The summed E-state index contributed by atoms with van der Waals surface area (Å²) in [7, 11) is 0. The zero-order chi connectivity index (χ0) is 13.9. The van der Waals surface area contributed by atoms with E-state index in [1.165, 1.54) is 0 Å². The molecular formula is C13H20N2O3. The molecule has 1 atom stereocenters. The number of carbonyl (C=O) groups excluding carboxylic acids is 2. The zero-order valence-electron chi connectivity index (χ0n) is 11.5. The second-order valence-electron chi connectivity index (χ2n) is 5.29. The molecule has 1 aromatic heterocycles. The van der Waals surface area contributed by atoms with Crippen molar-refractivity contribution in [2.45, 2.75) is 46.3 Å². The predicted octanol–water partition coefficient (Wildman–Crippen LogP) is 2.40. The molecule has 18 heavy (non-hydrogen) atoms. The van der Waals surface area contributed by atoms with Gasteiger partial charge in [-0.3, -0.25) is 0 Å². The number of alkyl carbamates (subject to hydrolysis) is 1. The molecule has 1 amide bonds. The number of carbonyl (C=O) groups is 2. The first-order chi connectivity index (χ1) is 8.23. The van der Waals surface area contributed by atoms with Gasteiger partial charge < -0.3 is 19.8 Å². The summed E-state index contributed by atoms with van der Waals surface area (Å²) in [6.45, 7) is 9.07. The summed E-state index contributed by atoms with van der Waals surface area (Å²) >= 11 is 0. The second-order valence-corrected chi connectivity index (χ2v) is 5.29. The molecule has 0 radical (unpaired) electrons. The summed E-state index contributed by atoms with van der Waals surface area (Å²) < 4.78 is 5.12. The lowest BCUT2D eigenvalue weighted by Gasteiger charge is -2.21. The third-order valence-electron chi connectivity index (χ3n) is 2.33. The number of aldehydes is 1. The monoisotopic (exact) mass is 252 g/mol. The number of nitrogens with one attached hydrogen (secondary N) is 2. The van der Waals surface area contributed by atoms with E-state index in [0.717, 1.165) is 17.0 Å². The summed E-state index contributed by atoms with van der Waals surface area (Å²) in [5.41, 5.74) is 1.98. The first kappa shape index (κ1) is 14.3. The Morgan fingerprint density at radius 1 is 1.44 bits per heavy atom. The number of aromatic amines is 1. The van der Waals surface area contributed by atoms with Crippen LogP contribution in [0.25, 0.3) is 0 Å². The molecule has 0 saturated heterocycles. The maximum Gasteiger partial charge on any atom is 0.408 e. The van der Waals surface area contributed by atoms with E-state index >= 15 is 0 Å². The van der Waals surface area contributed by atoms with Crippen molar-refractivity contribution < 1.29 is 14.3 Å². The van der Waals surface area contributed by atoms with Crippen LogP contribution in [0.5, 0.6) is 0 Å². The summed E-state index contributed by atoms with van der Waals surface area (Å²) in [5, 5.41) is 2.54. The van der Waals surface area contributed by atoms with Gasteiger partial charge >= 0.3 is 6.09 Å². The number of rotatable bonds is 3. The first-order valence-electron chi connectivity index (χ1n) is 5.84. The van der Waals surface area contributed by atoms with Crippen molar-refractivity contribution in [2.75, 3.05) is 0 Å². The maximum atomic E-state index is 11.6.